The number of nitrogen functional groups attached to an aromatic ring is 1. The highest BCUT2D eigenvalue weighted by Gasteiger charge is 2.23. The van der Waals surface area contributed by atoms with Gasteiger partial charge in [0.15, 0.2) is 0 Å². The molecule has 1 heterocycles. The first kappa shape index (κ1) is 11.9. The molecule has 1 amide bonds. The molecule has 84 valence electrons. The summed E-state index contributed by atoms with van der Waals surface area (Å²) in [6.45, 7) is 8.15. The van der Waals surface area contributed by atoms with Gasteiger partial charge in [-0.3, -0.25) is 4.79 Å². The van der Waals surface area contributed by atoms with E-state index in [1.165, 1.54) is 0 Å². The zero-order chi connectivity index (χ0) is 11.6. The summed E-state index contributed by atoms with van der Waals surface area (Å²) in [6, 6.07) is 0.0649. The summed E-state index contributed by atoms with van der Waals surface area (Å²) < 4.78 is 0. The van der Waals surface area contributed by atoms with Crippen molar-refractivity contribution in [3.63, 3.8) is 0 Å². The monoisotopic (exact) mass is 228 g/mol. The largest absolute Gasteiger partial charge is 0.374 e. The Morgan fingerprint density at radius 3 is 2.47 bits per heavy atom. The van der Waals surface area contributed by atoms with E-state index in [0.717, 1.165) is 11.3 Å². The van der Waals surface area contributed by atoms with E-state index >= 15 is 0 Å². The highest BCUT2D eigenvalue weighted by Crippen LogP contribution is 2.19. The maximum atomic E-state index is 11.7. The molecule has 0 aliphatic carbocycles. The number of amides is 1. The van der Waals surface area contributed by atoms with E-state index < -0.39 is 0 Å². The van der Waals surface area contributed by atoms with Crippen LogP contribution in [0.5, 0.6) is 0 Å². The molecule has 1 aromatic heterocycles. The number of hydrogen-bond donors (Lipinski definition) is 2. The summed E-state index contributed by atoms with van der Waals surface area (Å²) >= 11 is 1.09. The number of nitrogens with zero attached hydrogens (tertiary/aromatic N) is 2. The highest BCUT2D eigenvalue weighted by molar-refractivity contribution is 7.16. The lowest BCUT2D eigenvalue weighted by Gasteiger charge is -2.27. The quantitative estimate of drug-likeness (QED) is 0.799. The second-order valence-electron chi connectivity index (χ2n) is 4.51. The Hall–Kier alpha value is -1.17. The van der Waals surface area contributed by atoms with Crippen LogP contribution in [0.4, 0.5) is 5.13 Å². The zero-order valence-electron chi connectivity index (χ0n) is 9.37. The third kappa shape index (κ3) is 3.16. The van der Waals surface area contributed by atoms with Gasteiger partial charge in [-0.2, -0.15) is 0 Å². The molecular formula is C9H16N4OS. The first-order valence-corrected chi connectivity index (χ1v) is 5.52. The van der Waals surface area contributed by atoms with Crippen LogP contribution in [-0.2, 0) is 0 Å². The SMILES string of the molecule is CC(NC(=O)c1nnc(N)s1)C(C)(C)C. The predicted octanol–water partition coefficient (Wildman–Crippen LogP) is 1.28. The topological polar surface area (TPSA) is 80.9 Å². The van der Waals surface area contributed by atoms with Gasteiger partial charge in [-0.1, -0.05) is 32.1 Å². The Morgan fingerprint density at radius 1 is 1.47 bits per heavy atom. The van der Waals surface area contributed by atoms with E-state index in [2.05, 4.69) is 36.3 Å². The minimum atomic E-state index is -0.216. The van der Waals surface area contributed by atoms with E-state index in [1.54, 1.807) is 0 Å². The Balaban J connectivity index is 2.64. The maximum Gasteiger partial charge on any atom is 0.282 e. The van der Waals surface area contributed by atoms with Crippen molar-refractivity contribution in [3.8, 4) is 0 Å². The molecule has 1 unspecified atom stereocenters. The standard InChI is InChI=1S/C9H16N4OS/c1-5(9(2,3)4)11-6(14)7-12-13-8(10)15-7/h5H,1-4H3,(H2,10,13)(H,11,14). The smallest absolute Gasteiger partial charge is 0.282 e. The summed E-state index contributed by atoms with van der Waals surface area (Å²) in [7, 11) is 0. The van der Waals surface area contributed by atoms with Crippen molar-refractivity contribution in [1.82, 2.24) is 15.5 Å². The molecule has 6 heteroatoms. The van der Waals surface area contributed by atoms with E-state index in [9.17, 15) is 4.79 Å². The summed E-state index contributed by atoms with van der Waals surface area (Å²) in [4.78, 5) is 11.7. The third-order valence-corrected chi connectivity index (χ3v) is 3.03. The molecule has 0 saturated carbocycles. The summed E-state index contributed by atoms with van der Waals surface area (Å²) in [5.74, 6) is -0.216. The van der Waals surface area contributed by atoms with Crippen molar-refractivity contribution in [2.24, 2.45) is 5.41 Å². The normalized spacial score (nSPS) is 13.6. The number of hydrogen-bond acceptors (Lipinski definition) is 5. The van der Waals surface area contributed by atoms with E-state index in [4.69, 9.17) is 5.73 Å². The molecule has 15 heavy (non-hydrogen) atoms. The van der Waals surface area contributed by atoms with Crippen LogP contribution in [0.2, 0.25) is 0 Å². The zero-order valence-corrected chi connectivity index (χ0v) is 10.2. The van der Waals surface area contributed by atoms with Crippen LogP contribution >= 0.6 is 11.3 Å². The molecule has 0 radical (unpaired) electrons. The van der Waals surface area contributed by atoms with E-state index in [1.807, 2.05) is 6.92 Å². The summed E-state index contributed by atoms with van der Waals surface area (Å²) in [5.41, 5.74) is 5.42. The van der Waals surface area contributed by atoms with Crippen LogP contribution in [-0.4, -0.2) is 22.1 Å². The number of carbonyl (C=O) groups is 1. The van der Waals surface area contributed by atoms with Crippen LogP contribution < -0.4 is 11.1 Å². The number of carbonyl (C=O) groups excluding carboxylic acids is 1. The minimum Gasteiger partial charge on any atom is -0.374 e. The van der Waals surface area contributed by atoms with Gasteiger partial charge in [-0.05, 0) is 12.3 Å². The molecule has 0 aliphatic rings. The van der Waals surface area contributed by atoms with Gasteiger partial charge in [0, 0.05) is 6.04 Å². The number of nitrogens with one attached hydrogen (secondary N) is 1. The van der Waals surface area contributed by atoms with Crippen LogP contribution in [0.1, 0.15) is 37.5 Å². The fourth-order valence-electron chi connectivity index (χ4n) is 0.801. The fraction of sp³-hybridized carbons (Fsp3) is 0.667. The van der Waals surface area contributed by atoms with Crippen molar-refractivity contribution in [2.75, 3.05) is 5.73 Å². The van der Waals surface area contributed by atoms with Crippen molar-refractivity contribution in [3.05, 3.63) is 5.01 Å². The fourth-order valence-corrected chi connectivity index (χ4v) is 1.31. The number of anilines is 1. The van der Waals surface area contributed by atoms with Gasteiger partial charge >= 0.3 is 0 Å². The Labute approximate surface area is 93.1 Å². The molecule has 3 N–H and O–H groups in total. The molecular weight excluding hydrogens is 212 g/mol. The van der Waals surface area contributed by atoms with Gasteiger partial charge < -0.3 is 11.1 Å². The van der Waals surface area contributed by atoms with Crippen molar-refractivity contribution in [2.45, 2.75) is 33.7 Å². The van der Waals surface area contributed by atoms with Crippen molar-refractivity contribution >= 4 is 22.4 Å². The first-order chi connectivity index (χ1) is 6.80. The third-order valence-electron chi connectivity index (χ3n) is 2.28. The molecule has 5 nitrogen and oxygen atoms in total. The second kappa shape index (κ2) is 4.14. The van der Waals surface area contributed by atoms with Crippen molar-refractivity contribution < 1.29 is 4.79 Å². The van der Waals surface area contributed by atoms with Crippen LogP contribution in [0.25, 0.3) is 0 Å². The average molecular weight is 228 g/mol. The second-order valence-corrected chi connectivity index (χ2v) is 5.52. The van der Waals surface area contributed by atoms with Crippen LogP contribution in [0.15, 0.2) is 0 Å². The van der Waals surface area contributed by atoms with Crippen LogP contribution in [0.3, 0.4) is 0 Å². The van der Waals surface area contributed by atoms with Gasteiger partial charge in [0.1, 0.15) is 0 Å². The lowest BCUT2D eigenvalue weighted by Crippen LogP contribution is -2.41. The van der Waals surface area contributed by atoms with Crippen LogP contribution in [0, 0.1) is 5.41 Å². The van der Waals surface area contributed by atoms with Gasteiger partial charge in [0.25, 0.3) is 5.91 Å². The average Bonchev–Trinajstić information content (AvgIpc) is 2.50. The van der Waals surface area contributed by atoms with Gasteiger partial charge in [0.05, 0.1) is 0 Å². The maximum absolute atomic E-state index is 11.7. The molecule has 1 aromatic rings. The van der Waals surface area contributed by atoms with E-state index in [-0.39, 0.29) is 17.4 Å². The van der Waals surface area contributed by atoms with E-state index in [0.29, 0.717) is 10.1 Å². The molecule has 0 aliphatic heterocycles. The summed E-state index contributed by atoms with van der Waals surface area (Å²) in [5, 5.41) is 10.8. The minimum absolute atomic E-state index is 0.0197. The highest BCUT2D eigenvalue weighted by atomic mass is 32.1. The lowest BCUT2D eigenvalue weighted by molar-refractivity contribution is 0.0909. The van der Waals surface area contributed by atoms with Gasteiger partial charge in [-0.15, -0.1) is 10.2 Å². The molecule has 1 atom stereocenters. The Bertz CT molecular complexity index is 355. The lowest BCUT2D eigenvalue weighted by atomic mass is 9.88. The number of nitrogens with two attached hydrogens (primary N) is 1. The first-order valence-electron chi connectivity index (χ1n) is 4.70. The predicted molar refractivity (Wildman–Crippen MR) is 60.7 cm³/mol. The molecule has 0 saturated heterocycles. The molecule has 0 spiro atoms. The molecule has 0 aromatic carbocycles. The summed E-state index contributed by atoms with van der Waals surface area (Å²) in [6.07, 6.45) is 0. The Kier molecular flexibility index (Phi) is 3.28. The van der Waals surface area contributed by atoms with Gasteiger partial charge in [0.2, 0.25) is 10.1 Å². The molecule has 0 fully saturated rings. The Morgan fingerprint density at radius 2 is 2.07 bits per heavy atom. The molecule has 1 rings (SSSR count). The molecule has 0 bridgehead atoms. The van der Waals surface area contributed by atoms with Gasteiger partial charge in [-0.25, -0.2) is 0 Å². The number of rotatable bonds is 2. The number of aromatic nitrogens is 2. The van der Waals surface area contributed by atoms with Crippen molar-refractivity contribution in [1.29, 1.82) is 0 Å².